The minimum Gasteiger partial charge on any atom is -0.497 e. The number of amides is 1. The van der Waals surface area contributed by atoms with Crippen LogP contribution < -0.4 is 10.1 Å². The summed E-state index contributed by atoms with van der Waals surface area (Å²) in [5.41, 5.74) is 1.79. The number of H-pyrrole nitrogens is 1. The smallest absolute Gasteiger partial charge is 0.308 e. The number of ether oxygens (including phenoxy) is 1. The molecule has 0 spiro atoms. The van der Waals surface area contributed by atoms with Crippen molar-refractivity contribution in [1.29, 1.82) is 0 Å². The van der Waals surface area contributed by atoms with Crippen molar-refractivity contribution < 1.29 is 19.4 Å². The van der Waals surface area contributed by atoms with Crippen LogP contribution in [0.5, 0.6) is 5.75 Å². The molecule has 0 fully saturated rings. The maximum Gasteiger partial charge on any atom is 0.308 e. The highest BCUT2D eigenvalue weighted by Crippen LogP contribution is 2.24. The molecule has 0 saturated carbocycles. The molecule has 1 unspecified atom stereocenters. The average Bonchev–Trinajstić information content (AvgIpc) is 2.92. The van der Waals surface area contributed by atoms with Gasteiger partial charge in [-0.25, -0.2) is 0 Å². The third kappa shape index (κ3) is 4.50. The molecule has 0 radical (unpaired) electrons. The molecule has 2 rings (SSSR count). The van der Waals surface area contributed by atoms with E-state index < -0.39 is 11.9 Å². The summed E-state index contributed by atoms with van der Waals surface area (Å²) in [6, 6.07) is 5.64. The maximum absolute atomic E-state index is 12.2. The third-order valence-electron chi connectivity index (χ3n) is 3.98. The zero-order valence-electron chi connectivity index (χ0n) is 14.3. The van der Waals surface area contributed by atoms with Gasteiger partial charge in [-0.15, -0.1) is 0 Å². The molecule has 24 heavy (non-hydrogen) atoms. The molecule has 0 saturated heterocycles. The monoisotopic (exact) mass is 332 g/mol. The van der Waals surface area contributed by atoms with Gasteiger partial charge in [0.15, 0.2) is 0 Å². The van der Waals surface area contributed by atoms with Crippen molar-refractivity contribution in [2.24, 2.45) is 11.8 Å². The molecule has 3 N–H and O–H groups in total. The molecular formula is C18H24N2O4. The largest absolute Gasteiger partial charge is 0.497 e. The van der Waals surface area contributed by atoms with Gasteiger partial charge in [-0.1, -0.05) is 13.8 Å². The van der Waals surface area contributed by atoms with Gasteiger partial charge >= 0.3 is 5.97 Å². The highest BCUT2D eigenvalue weighted by atomic mass is 16.5. The number of carbonyl (C=O) groups excluding carboxylic acids is 1. The van der Waals surface area contributed by atoms with E-state index in [0.717, 1.165) is 22.2 Å². The lowest BCUT2D eigenvalue weighted by atomic mass is 9.97. The van der Waals surface area contributed by atoms with Gasteiger partial charge in [-0.2, -0.15) is 0 Å². The fraction of sp³-hybridized carbons (Fsp3) is 0.444. The van der Waals surface area contributed by atoms with Crippen molar-refractivity contribution >= 4 is 22.8 Å². The first-order valence-corrected chi connectivity index (χ1v) is 8.04. The number of carbonyl (C=O) groups is 2. The highest BCUT2D eigenvalue weighted by molar-refractivity contribution is 5.89. The maximum atomic E-state index is 12.2. The Bertz CT molecular complexity index is 721. The molecule has 0 aliphatic heterocycles. The molecule has 0 aliphatic carbocycles. The summed E-state index contributed by atoms with van der Waals surface area (Å²) in [6.07, 6.45) is 2.54. The van der Waals surface area contributed by atoms with Crippen LogP contribution in [-0.4, -0.2) is 35.6 Å². The summed E-state index contributed by atoms with van der Waals surface area (Å²) in [6.45, 7) is 4.09. The molecule has 2 aromatic rings. The minimum atomic E-state index is -0.874. The van der Waals surface area contributed by atoms with E-state index in [9.17, 15) is 14.7 Å². The van der Waals surface area contributed by atoms with Gasteiger partial charge in [0.2, 0.25) is 5.91 Å². The average molecular weight is 332 g/mol. The van der Waals surface area contributed by atoms with Crippen molar-refractivity contribution in [1.82, 2.24) is 10.3 Å². The molecule has 1 aromatic carbocycles. The van der Waals surface area contributed by atoms with E-state index in [1.165, 1.54) is 0 Å². The number of hydrogen-bond donors (Lipinski definition) is 3. The summed E-state index contributed by atoms with van der Waals surface area (Å²) in [7, 11) is 1.60. The number of aromatic nitrogens is 1. The molecule has 0 aliphatic rings. The van der Waals surface area contributed by atoms with Crippen LogP contribution in [0.1, 0.15) is 25.8 Å². The van der Waals surface area contributed by atoms with E-state index in [-0.39, 0.29) is 24.8 Å². The topological polar surface area (TPSA) is 91.4 Å². The lowest BCUT2D eigenvalue weighted by Crippen LogP contribution is -2.34. The van der Waals surface area contributed by atoms with Crippen molar-refractivity contribution in [3.63, 3.8) is 0 Å². The predicted octanol–water partition coefficient (Wildman–Crippen LogP) is 2.58. The minimum absolute atomic E-state index is 0.151. The normalized spacial score (nSPS) is 12.3. The fourth-order valence-corrected chi connectivity index (χ4v) is 2.74. The van der Waals surface area contributed by atoms with Gasteiger partial charge in [-0.05, 0) is 36.1 Å². The second-order valence-corrected chi connectivity index (χ2v) is 6.37. The summed E-state index contributed by atoms with van der Waals surface area (Å²) in [5.74, 6) is -0.623. The van der Waals surface area contributed by atoms with Gasteiger partial charge in [-0.3, -0.25) is 9.59 Å². The zero-order valence-corrected chi connectivity index (χ0v) is 14.3. The first-order valence-electron chi connectivity index (χ1n) is 8.04. The SMILES string of the molecule is COc1ccc2[nH]cc(CC(=O)NCC(CC(C)C)C(=O)O)c2c1. The van der Waals surface area contributed by atoms with Crippen molar-refractivity contribution in [2.45, 2.75) is 26.7 Å². The number of rotatable bonds is 8. The zero-order chi connectivity index (χ0) is 17.7. The highest BCUT2D eigenvalue weighted by Gasteiger charge is 2.20. The van der Waals surface area contributed by atoms with E-state index in [1.54, 1.807) is 13.3 Å². The van der Waals surface area contributed by atoms with Gasteiger partial charge in [0.25, 0.3) is 0 Å². The lowest BCUT2D eigenvalue weighted by Gasteiger charge is -2.15. The van der Waals surface area contributed by atoms with Gasteiger partial charge in [0.05, 0.1) is 19.4 Å². The molecule has 1 aromatic heterocycles. The van der Waals surface area contributed by atoms with Crippen LogP contribution in [0.3, 0.4) is 0 Å². The number of hydrogen-bond acceptors (Lipinski definition) is 3. The first-order chi connectivity index (χ1) is 11.4. The Balaban J connectivity index is 2.00. The number of aromatic amines is 1. The fourth-order valence-electron chi connectivity index (χ4n) is 2.74. The van der Waals surface area contributed by atoms with Gasteiger partial charge in [0, 0.05) is 23.6 Å². The van der Waals surface area contributed by atoms with Crippen LogP contribution in [0.25, 0.3) is 10.9 Å². The molecular weight excluding hydrogens is 308 g/mol. The summed E-state index contributed by atoms with van der Waals surface area (Å²) >= 11 is 0. The van der Waals surface area contributed by atoms with Crippen LogP contribution in [-0.2, 0) is 16.0 Å². The Kier molecular flexibility index (Phi) is 5.84. The van der Waals surface area contributed by atoms with Crippen LogP contribution >= 0.6 is 0 Å². The Hall–Kier alpha value is -2.50. The molecule has 0 bridgehead atoms. The predicted molar refractivity (Wildman–Crippen MR) is 92.1 cm³/mol. The molecule has 1 atom stereocenters. The third-order valence-corrected chi connectivity index (χ3v) is 3.98. The van der Waals surface area contributed by atoms with E-state index in [2.05, 4.69) is 10.3 Å². The standard InChI is InChI=1S/C18H24N2O4/c1-11(2)6-13(18(22)23)10-20-17(21)7-12-9-19-16-5-4-14(24-3)8-15(12)16/h4-5,8-9,11,13,19H,6-7,10H2,1-3H3,(H,20,21)(H,22,23). The van der Waals surface area contributed by atoms with E-state index in [0.29, 0.717) is 6.42 Å². The molecule has 6 heteroatoms. The number of methoxy groups -OCH3 is 1. The van der Waals surface area contributed by atoms with Crippen molar-refractivity contribution in [3.8, 4) is 5.75 Å². The summed E-state index contributed by atoms with van der Waals surface area (Å²) in [4.78, 5) is 26.5. The molecule has 1 heterocycles. The van der Waals surface area contributed by atoms with Crippen LogP contribution in [0, 0.1) is 11.8 Å². The van der Waals surface area contributed by atoms with E-state index in [1.807, 2.05) is 32.0 Å². The van der Waals surface area contributed by atoms with E-state index in [4.69, 9.17) is 4.74 Å². The van der Waals surface area contributed by atoms with Crippen molar-refractivity contribution in [3.05, 3.63) is 30.0 Å². The number of benzene rings is 1. The molecule has 130 valence electrons. The number of nitrogens with one attached hydrogen (secondary N) is 2. The first kappa shape index (κ1) is 17.8. The summed E-state index contributed by atoms with van der Waals surface area (Å²) in [5, 5.41) is 12.9. The number of fused-ring (bicyclic) bond motifs is 1. The lowest BCUT2D eigenvalue weighted by molar-refractivity contribution is -0.142. The second-order valence-electron chi connectivity index (χ2n) is 6.37. The van der Waals surface area contributed by atoms with Gasteiger partial charge in [0.1, 0.15) is 5.75 Å². The van der Waals surface area contributed by atoms with Gasteiger partial charge < -0.3 is 20.1 Å². The Morgan fingerprint density at radius 3 is 2.71 bits per heavy atom. The van der Waals surface area contributed by atoms with Crippen LogP contribution in [0.4, 0.5) is 0 Å². The Labute approximate surface area is 141 Å². The van der Waals surface area contributed by atoms with Crippen molar-refractivity contribution in [2.75, 3.05) is 13.7 Å². The quantitative estimate of drug-likeness (QED) is 0.693. The summed E-state index contributed by atoms with van der Waals surface area (Å²) < 4.78 is 5.21. The van der Waals surface area contributed by atoms with Crippen LogP contribution in [0.2, 0.25) is 0 Å². The second kappa shape index (κ2) is 7.86. The van der Waals surface area contributed by atoms with E-state index >= 15 is 0 Å². The number of carboxylic acid groups (broad SMARTS) is 1. The molecule has 6 nitrogen and oxygen atoms in total. The Morgan fingerprint density at radius 1 is 1.33 bits per heavy atom. The Morgan fingerprint density at radius 2 is 2.08 bits per heavy atom. The van der Waals surface area contributed by atoms with Crippen LogP contribution in [0.15, 0.2) is 24.4 Å². The number of aliphatic carboxylic acids is 1. The number of carboxylic acids is 1. The molecule has 1 amide bonds.